The van der Waals surface area contributed by atoms with Crippen LogP contribution in [-0.4, -0.2) is 19.1 Å². The number of primary amides is 1. The number of benzene rings is 2. The summed E-state index contributed by atoms with van der Waals surface area (Å²) in [4.78, 5) is 11.0. The van der Waals surface area contributed by atoms with Crippen LogP contribution in [0.4, 0.5) is 0 Å². The van der Waals surface area contributed by atoms with Crippen molar-refractivity contribution < 1.29 is 19.0 Å². The molecule has 2 aromatic carbocycles. The van der Waals surface area contributed by atoms with E-state index in [1.165, 1.54) is 0 Å². The molecule has 0 heterocycles. The molecule has 0 aliphatic carbocycles. The topological polar surface area (TPSA) is 94.6 Å². The van der Waals surface area contributed by atoms with Crippen LogP contribution in [0.15, 0.2) is 42.5 Å². The zero-order valence-corrected chi connectivity index (χ0v) is 13.5. The number of hydrogen-bond donors (Lipinski definition) is 1. The van der Waals surface area contributed by atoms with E-state index in [0.29, 0.717) is 22.8 Å². The fraction of sp³-hybridized carbons (Fsp3) is 0.222. The Morgan fingerprint density at radius 1 is 1.21 bits per heavy atom. The molecule has 6 nitrogen and oxygen atoms in total. The van der Waals surface area contributed by atoms with E-state index in [2.05, 4.69) is 6.07 Å². The number of nitriles is 1. The van der Waals surface area contributed by atoms with E-state index in [4.69, 9.17) is 25.2 Å². The van der Waals surface area contributed by atoms with Crippen molar-refractivity contribution in [2.75, 3.05) is 7.11 Å². The molecule has 1 atom stereocenters. The molecule has 2 rings (SSSR count). The van der Waals surface area contributed by atoms with Crippen LogP contribution in [0.25, 0.3) is 0 Å². The molecule has 0 saturated carbocycles. The maximum absolute atomic E-state index is 11.0. The average molecular weight is 326 g/mol. The number of rotatable bonds is 7. The fourth-order valence-electron chi connectivity index (χ4n) is 2.00. The molecule has 0 fully saturated rings. The predicted octanol–water partition coefficient (Wildman–Crippen LogP) is 2.40. The van der Waals surface area contributed by atoms with Crippen LogP contribution in [0.1, 0.15) is 18.1 Å². The molecule has 0 unspecified atom stereocenters. The molecule has 0 radical (unpaired) electrons. The van der Waals surface area contributed by atoms with Crippen molar-refractivity contribution in [3.63, 3.8) is 0 Å². The Kier molecular flexibility index (Phi) is 5.63. The normalized spacial score (nSPS) is 11.2. The largest absolute Gasteiger partial charge is 0.496 e. The highest BCUT2D eigenvalue weighted by Gasteiger charge is 2.10. The summed E-state index contributed by atoms with van der Waals surface area (Å²) in [6.45, 7) is 1.85. The van der Waals surface area contributed by atoms with Crippen LogP contribution in [0, 0.1) is 11.3 Å². The summed E-state index contributed by atoms with van der Waals surface area (Å²) in [7, 11) is 1.57. The zero-order valence-electron chi connectivity index (χ0n) is 13.5. The SMILES string of the molecule is COc1ccc(C#N)cc1COc1ccc(O[C@@H](C)C(N)=O)cc1. The van der Waals surface area contributed by atoms with Crippen molar-refractivity contribution in [2.24, 2.45) is 5.73 Å². The first-order valence-electron chi connectivity index (χ1n) is 7.29. The fourth-order valence-corrected chi connectivity index (χ4v) is 2.00. The van der Waals surface area contributed by atoms with E-state index in [0.717, 1.165) is 5.56 Å². The minimum atomic E-state index is -0.699. The van der Waals surface area contributed by atoms with E-state index >= 15 is 0 Å². The number of hydrogen-bond acceptors (Lipinski definition) is 5. The Morgan fingerprint density at radius 3 is 2.46 bits per heavy atom. The van der Waals surface area contributed by atoms with Crippen LogP contribution in [-0.2, 0) is 11.4 Å². The molecule has 0 aliphatic heterocycles. The molecule has 0 aliphatic rings. The maximum Gasteiger partial charge on any atom is 0.258 e. The van der Waals surface area contributed by atoms with Gasteiger partial charge in [0.05, 0.1) is 18.7 Å². The Bertz CT molecular complexity index is 751. The van der Waals surface area contributed by atoms with Crippen molar-refractivity contribution >= 4 is 5.91 Å². The first-order valence-corrected chi connectivity index (χ1v) is 7.29. The highest BCUT2D eigenvalue weighted by atomic mass is 16.5. The van der Waals surface area contributed by atoms with Gasteiger partial charge in [0.25, 0.3) is 5.91 Å². The lowest BCUT2D eigenvalue weighted by molar-refractivity contribution is -0.123. The van der Waals surface area contributed by atoms with Crippen LogP contribution in [0.3, 0.4) is 0 Å². The third-order valence-corrected chi connectivity index (χ3v) is 3.34. The number of nitrogens with two attached hydrogens (primary N) is 1. The summed E-state index contributed by atoms with van der Waals surface area (Å²) in [5.74, 6) is 1.28. The van der Waals surface area contributed by atoms with Gasteiger partial charge in [-0.2, -0.15) is 5.26 Å². The van der Waals surface area contributed by atoms with Gasteiger partial charge in [-0.05, 0) is 49.4 Å². The molecule has 0 bridgehead atoms. The van der Waals surface area contributed by atoms with Crippen LogP contribution in [0.5, 0.6) is 17.2 Å². The molecule has 6 heteroatoms. The second kappa shape index (κ2) is 7.88. The Balaban J connectivity index is 2.02. The molecule has 1 amide bonds. The van der Waals surface area contributed by atoms with E-state index in [9.17, 15) is 4.79 Å². The van der Waals surface area contributed by atoms with Gasteiger partial charge >= 0.3 is 0 Å². The summed E-state index contributed by atoms with van der Waals surface area (Å²) in [5.41, 5.74) is 6.47. The highest BCUT2D eigenvalue weighted by Crippen LogP contribution is 2.23. The average Bonchev–Trinajstić information content (AvgIpc) is 2.60. The standard InChI is InChI=1S/C18H18N2O4/c1-12(18(20)21)24-16-6-4-15(5-7-16)23-11-14-9-13(10-19)3-8-17(14)22-2/h3-9,12H,11H2,1-2H3,(H2,20,21)/t12-/m0/s1. The Morgan fingerprint density at radius 2 is 1.88 bits per heavy atom. The summed E-state index contributed by atoms with van der Waals surface area (Å²) < 4.78 is 16.3. The summed E-state index contributed by atoms with van der Waals surface area (Å²) in [6.07, 6.45) is -0.699. The van der Waals surface area contributed by atoms with E-state index in [1.54, 1.807) is 56.5 Å². The van der Waals surface area contributed by atoms with Crippen molar-refractivity contribution in [1.29, 1.82) is 5.26 Å². The third-order valence-electron chi connectivity index (χ3n) is 3.34. The van der Waals surface area contributed by atoms with Gasteiger partial charge in [0.1, 0.15) is 23.9 Å². The Hall–Kier alpha value is -3.20. The van der Waals surface area contributed by atoms with Gasteiger partial charge in [-0.3, -0.25) is 4.79 Å². The number of carbonyl (C=O) groups is 1. The second-order valence-electron chi connectivity index (χ2n) is 5.06. The molecular formula is C18H18N2O4. The number of carbonyl (C=O) groups excluding carboxylic acids is 1. The smallest absolute Gasteiger partial charge is 0.258 e. The van der Waals surface area contributed by atoms with Crippen molar-refractivity contribution in [3.05, 3.63) is 53.6 Å². The first kappa shape index (κ1) is 17.2. The van der Waals surface area contributed by atoms with Gasteiger partial charge in [-0.25, -0.2) is 0 Å². The zero-order chi connectivity index (χ0) is 17.5. The van der Waals surface area contributed by atoms with Crippen molar-refractivity contribution in [1.82, 2.24) is 0 Å². The summed E-state index contributed by atoms with van der Waals surface area (Å²) >= 11 is 0. The van der Waals surface area contributed by atoms with Gasteiger partial charge in [-0.1, -0.05) is 0 Å². The second-order valence-corrected chi connectivity index (χ2v) is 5.06. The molecule has 2 aromatic rings. The molecule has 124 valence electrons. The van der Waals surface area contributed by atoms with Crippen LogP contribution in [0.2, 0.25) is 0 Å². The van der Waals surface area contributed by atoms with Crippen LogP contribution >= 0.6 is 0 Å². The third kappa shape index (κ3) is 4.40. The molecule has 0 aromatic heterocycles. The molecular weight excluding hydrogens is 308 g/mol. The Labute approximate surface area is 140 Å². The molecule has 0 spiro atoms. The van der Waals surface area contributed by atoms with Crippen LogP contribution < -0.4 is 19.9 Å². The lowest BCUT2D eigenvalue weighted by Gasteiger charge is -2.13. The molecule has 0 saturated heterocycles. The van der Waals surface area contributed by atoms with Crippen molar-refractivity contribution in [3.8, 4) is 23.3 Å². The maximum atomic E-state index is 11.0. The van der Waals surface area contributed by atoms with Gasteiger partial charge in [0, 0.05) is 5.56 Å². The lowest BCUT2D eigenvalue weighted by Crippen LogP contribution is -2.30. The quantitative estimate of drug-likeness (QED) is 0.843. The minimum Gasteiger partial charge on any atom is -0.496 e. The highest BCUT2D eigenvalue weighted by molar-refractivity contribution is 5.78. The number of methoxy groups -OCH3 is 1. The minimum absolute atomic E-state index is 0.261. The lowest BCUT2D eigenvalue weighted by atomic mass is 10.1. The first-order chi connectivity index (χ1) is 11.5. The number of amides is 1. The van der Waals surface area contributed by atoms with Gasteiger partial charge in [0.15, 0.2) is 6.10 Å². The van der Waals surface area contributed by atoms with E-state index in [1.807, 2.05) is 0 Å². The number of nitrogens with zero attached hydrogens (tertiary/aromatic N) is 1. The van der Waals surface area contributed by atoms with E-state index in [-0.39, 0.29) is 6.61 Å². The van der Waals surface area contributed by atoms with Gasteiger partial charge in [0.2, 0.25) is 0 Å². The molecule has 2 N–H and O–H groups in total. The van der Waals surface area contributed by atoms with Crippen molar-refractivity contribution in [2.45, 2.75) is 19.6 Å². The molecule has 24 heavy (non-hydrogen) atoms. The predicted molar refractivity (Wildman–Crippen MR) is 87.8 cm³/mol. The van der Waals surface area contributed by atoms with E-state index < -0.39 is 12.0 Å². The van der Waals surface area contributed by atoms with Gasteiger partial charge < -0.3 is 19.9 Å². The monoisotopic (exact) mass is 326 g/mol. The summed E-state index contributed by atoms with van der Waals surface area (Å²) in [6, 6.07) is 14.1. The number of ether oxygens (including phenoxy) is 3. The summed E-state index contributed by atoms with van der Waals surface area (Å²) in [5, 5.41) is 8.97. The van der Waals surface area contributed by atoms with Gasteiger partial charge in [-0.15, -0.1) is 0 Å².